The van der Waals surface area contributed by atoms with Crippen molar-refractivity contribution in [2.75, 3.05) is 17.2 Å². The molecule has 6 heteroatoms. The number of para-hydroxylation sites is 1. The molecule has 0 aliphatic rings. The van der Waals surface area contributed by atoms with Crippen molar-refractivity contribution in [3.05, 3.63) is 69.0 Å². The van der Waals surface area contributed by atoms with Gasteiger partial charge in [-0.3, -0.25) is 4.79 Å². The summed E-state index contributed by atoms with van der Waals surface area (Å²) in [4.78, 5) is 24.9. The summed E-state index contributed by atoms with van der Waals surface area (Å²) in [6, 6.07) is 14.2. The monoisotopic (exact) mass is 386 g/mol. The van der Waals surface area contributed by atoms with E-state index in [9.17, 15) is 9.59 Å². The van der Waals surface area contributed by atoms with E-state index in [1.165, 1.54) is 0 Å². The highest BCUT2D eigenvalue weighted by Gasteiger charge is 2.18. The van der Waals surface area contributed by atoms with Crippen molar-refractivity contribution in [1.29, 1.82) is 0 Å². The van der Waals surface area contributed by atoms with E-state index in [1.807, 2.05) is 25.1 Å². The Morgan fingerprint density at radius 3 is 2.54 bits per heavy atom. The zero-order chi connectivity index (χ0) is 17.1. The van der Waals surface area contributed by atoms with Crippen molar-refractivity contribution in [2.45, 2.75) is 6.92 Å². The molecule has 1 amide bonds. The number of anilines is 2. The standard InChI is InChI=1S/C18H15BrN2O3/c1-2-20-15-12-8-4-6-10-14(12)24-18(23)16(15)21-17(22)11-7-3-5-9-13(11)19/h3-10,20H,2H2,1H3,(H,21,22). The number of amides is 1. The van der Waals surface area contributed by atoms with E-state index in [1.54, 1.807) is 30.3 Å². The molecule has 0 saturated carbocycles. The molecule has 5 nitrogen and oxygen atoms in total. The number of carbonyl (C=O) groups excluding carboxylic acids is 1. The van der Waals surface area contributed by atoms with E-state index in [0.717, 1.165) is 5.39 Å². The molecule has 0 radical (unpaired) electrons. The molecule has 1 heterocycles. The second kappa shape index (κ2) is 6.88. The minimum absolute atomic E-state index is 0.108. The van der Waals surface area contributed by atoms with Crippen LogP contribution in [0.25, 0.3) is 11.0 Å². The summed E-state index contributed by atoms with van der Waals surface area (Å²) >= 11 is 3.34. The molecular formula is C18H15BrN2O3. The van der Waals surface area contributed by atoms with E-state index in [4.69, 9.17) is 4.42 Å². The molecule has 2 aromatic carbocycles. The lowest BCUT2D eigenvalue weighted by atomic mass is 10.1. The smallest absolute Gasteiger partial charge is 0.362 e. The van der Waals surface area contributed by atoms with Crippen LogP contribution in [0.5, 0.6) is 0 Å². The maximum absolute atomic E-state index is 12.5. The van der Waals surface area contributed by atoms with Crippen molar-refractivity contribution in [3.8, 4) is 0 Å². The molecule has 0 spiro atoms. The minimum atomic E-state index is -0.593. The van der Waals surface area contributed by atoms with Crippen LogP contribution in [0.3, 0.4) is 0 Å². The van der Waals surface area contributed by atoms with Crippen molar-refractivity contribution >= 4 is 44.2 Å². The van der Waals surface area contributed by atoms with Gasteiger partial charge in [-0.25, -0.2) is 4.79 Å². The van der Waals surface area contributed by atoms with Gasteiger partial charge in [0.25, 0.3) is 5.91 Å². The molecule has 0 fully saturated rings. The number of rotatable bonds is 4. The minimum Gasteiger partial charge on any atom is -0.421 e. The highest BCUT2D eigenvalue weighted by atomic mass is 79.9. The summed E-state index contributed by atoms with van der Waals surface area (Å²) in [6.07, 6.45) is 0. The van der Waals surface area contributed by atoms with Gasteiger partial charge in [0.1, 0.15) is 5.58 Å². The summed E-state index contributed by atoms with van der Waals surface area (Å²) in [6.45, 7) is 2.52. The number of hydrogen-bond acceptors (Lipinski definition) is 4. The molecule has 0 aliphatic heterocycles. The third-order valence-electron chi connectivity index (χ3n) is 3.52. The van der Waals surface area contributed by atoms with Gasteiger partial charge in [-0.05, 0) is 47.1 Å². The Balaban J connectivity index is 2.10. The summed E-state index contributed by atoms with van der Waals surface area (Å²) in [5, 5.41) is 6.56. The van der Waals surface area contributed by atoms with Gasteiger partial charge in [0, 0.05) is 16.4 Å². The third-order valence-corrected chi connectivity index (χ3v) is 4.22. The average Bonchev–Trinajstić information content (AvgIpc) is 2.58. The first-order valence-electron chi connectivity index (χ1n) is 7.47. The van der Waals surface area contributed by atoms with E-state index in [0.29, 0.717) is 27.9 Å². The predicted molar refractivity (Wildman–Crippen MR) is 98.7 cm³/mol. The fraction of sp³-hybridized carbons (Fsp3) is 0.111. The lowest BCUT2D eigenvalue weighted by Gasteiger charge is -2.13. The summed E-state index contributed by atoms with van der Waals surface area (Å²) in [7, 11) is 0. The number of carbonyl (C=O) groups is 1. The van der Waals surface area contributed by atoms with Crippen LogP contribution < -0.4 is 16.3 Å². The molecule has 24 heavy (non-hydrogen) atoms. The van der Waals surface area contributed by atoms with Crippen molar-refractivity contribution < 1.29 is 9.21 Å². The first kappa shape index (κ1) is 16.3. The van der Waals surface area contributed by atoms with Gasteiger partial charge in [0.15, 0.2) is 5.69 Å². The summed E-state index contributed by atoms with van der Waals surface area (Å²) < 4.78 is 5.98. The van der Waals surface area contributed by atoms with Crippen LogP contribution in [-0.2, 0) is 0 Å². The van der Waals surface area contributed by atoms with Gasteiger partial charge in [-0.2, -0.15) is 0 Å². The molecule has 1 aromatic heterocycles. The van der Waals surface area contributed by atoms with E-state index in [-0.39, 0.29) is 11.6 Å². The van der Waals surface area contributed by atoms with Gasteiger partial charge < -0.3 is 15.1 Å². The topological polar surface area (TPSA) is 71.3 Å². The Hall–Kier alpha value is -2.60. The molecule has 0 bridgehead atoms. The maximum atomic E-state index is 12.5. The van der Waals surface area contributed by atoms with Crippen molar-refractivity contribution in [2.24, 2.45) is 0 Å². The second-order valence-electron chi connectivity index (χ2n) is 5.10. The summed E-state index contributed by atoms with van der Waals surface area (Å²) in [5.74, 6) is -0.385. The second-order valence-corrected chi connectivity index (χ2v) is 5.95. The Kier molecular flexibility index (Phi) is 4.66. The first-order chi connectivity index (χ1) is 11.6. The van der Waals surface area contributed by atoms with Crippen molar-refractivity contribution in [3.63, 3.8) is 0 Å². The molecule has 0 aliphatic carbocycles. The van der Waals surface area contributed by atoms with Gasteiger partial charge >= 0.3 is 5.63 Å². The summed E-state index contributed by atoms with van der Waals surface area (Å²) in [5.41, 5.74) is 0.982. The molecule has 2 N–H and O–H groups in total. The Morgan fingerprint density at radius 1 is 1.08 bits per heavy atom. The van der Waals surface area contributed by atoms with Crippen LogP contribution in [0.4, 0.5) is 11.4 Å². The fourth-order valence-corrected chi connectivity index (χ4v) is 2.91. The molecule has 3 rings (SSSR count). The van der Waals surface area contributed by atoms with Crippen molar-refractivity contribution in [1.82, 2.24) is 0 Å². The van der Waals surface area contributed by atoms with Gasteiger partial charge in [0.2, 0.25) is 0 Å². The Morgan fingerprint density at radius 2 is 1.79 bits per heavy atom. The molecule has 0 atom stereocenters. The zero-order valence-corrected chi connectivity index (χ0v) is 14.5. The molecule has 0 unspecified atom stereocenters. The van der Waals surface area contributed by atoms with Crippen LogP contribution in [0.1, 0.15) is 17.3 Å². The number of fused-ring (bicyclic) bond motifs is 1. The van der Waals surface area contributed by atoms with Crippen LogP contribution >= 0.6 is 15.9 Å². The van der Waals surface area contributed by atoms with Crippen LogP contribution in [0.15, 0.2) is 62.2 Å². The molecule has 0 saturated heterocycles. The molecule has 122 valence electrons. The number of nitrogens with one attached hydrogen (secondary N) is 2. The third kappa shape index (κ3) is 3.05. The number of halogens is 1. The Labute approximate surface area is 146 Å². The fourth-order valence-electron chi connectivity index (χ4n) is 2.45. The van der Waals surface area contributed by atoms with E-state index >= 15 is 0 Å². The largest absolute Gasteiger partial charge is 0.421 e. The lowest BCUT2D eigenvalue weighted by molar-refractivity contribution is 0.102. The highest BCUT2D eigenvalue weighted by molar-refractivity contribution is 9.10. The Bertz CT molecular complexity index is 966. The molecule has 3 aromatic rings. The van der Waals surface area contributed by atoms with E-state index < -0.39 is 5.63 Å². The SMILES string of the molecule is CCNc1c(NC(=O)c2ccccc2Br)c(=O)oc2ccccc12. The van der Waals surface area contributed by atoms with Gasteiger partial charge in [-0.15, -0.1) is 0 Å². The number of benzene rings is 2. The first-order valence-corrected chi connectivity index (χ1v) is 8.26. The predicted octanol–water partition coefficient (Wildman–Crippen LogP) is 4.24. The van der Waals surface area contributed by atoms with Gasteiger partial charge in [0.05, 0.1) is 11.3 Å². The normalized spacial score (nSPS) is 10.6. The van der Waals surface area contributed by atoms with Crippen LogP contribution in [-0.4, -0.2) is 12.5 Å². The van der Waals surface area contributed by atoms with Crippen LogP contribution in [0.2, 0.25) is 0 Å². The zero-order valence-electron chi connectivity index (χ0n) is 12.9. The van der Waals surface area contributed by atoms with Crippen LogP contribution in [0, 0.1) is 0 Å². The molecular weight excluding hydrogens is 372 g/mol. The lowest BCUT2D eigenvalue weighted by Crippen LogP contribution is -2.20. The van der Waals surface area contributed by atoms with Gasteiger partial charge in [-0.1, -0.05) is 24.3 Å². The quantitative estimate of drug-likeness (QED) is 0.657. The number of hydrogen-bond donors (Lipinski definition) is 2. The average molecular weight is 387 g/mol. The maximum Gasteiger partial charge on any atom is 0.362 e. The van der Waals surface area contributed by atoms with E-state index in [2.05, 4.69) is 26.6 Å². The highest BCUT2D eigenvalue weighted by Crippen LogP contribution is 2.29.